The predicted octanol–water partition coefficient (Wildman–Crippen LogP) is 1.74. The number of nitrogens with zero attached hydrogens (tertiary/aromatic N) is 1. The van der Waals surface area contributed by atoms with Crippen LogP contribution in [0, 0.1) is 0 Å². The third kappa shape index (κ3) is 4.74. The molecule has 20 heavy (non-hydrogen) atoms. The van der Waals surface area contributed by atoms with Gasteiger partial charge >= 0.3 is 0 Å². The summed E-state index contributed by atoms with van der Waals surface area (Å²) in [6, 6.07) is 5.57. The molecule has 5 nitrogen and oxygen atoms in total. The van der Waals surface area contributed by atoms with Crippen LogP contribution < -0.4 is 15.8 Å². The number of hydrogen-bond donors (Lipinski definition) is 2. The van der Waals surface area contributed by atoms with Gasteiger partial charge in [0.05, 0.1) is 12.7 Å². The number of hydrogen-bond acceptors (Lipinski definition) is 4. The third-order valence-electron chi connectivity index (χ3n) is 3.32. The van der Waals surface area contributed by atoms with Crippen LogP contribution in [0.2, 0.25) is 0 Å². The van der Waals surface area contributed by atoms with Crippen molar-refractivity contribution in [2.75, 3.05) is 33.0 Å². The second-order valence-electron chi connectivity index (χ2n) is 5.14. The Hall–Kier alpha value is -1.75. The summed E-state index contributed by atoms with van der Waals surface area (Å²) in [5.74, 6) is 0.386. The van der Waals surface area contributed by atoms with Crippen LogP contribution in [0.15, 0.2) is 18.2 Å². The van der Waals surface area contributed by atoms with E-state index in [-0.39, 0.29) is 5.91 Å². The minimum atomic E-state index is -0.152. The van der Waals surface area contributed by atoms with E-state index in [0.717, 1.165) is 13.0 Å². The van der Waals surface area contributed by atoms with E-state index in [9.17, 15) is 4.79 Å². The highest BCUT2D eigenvalue weighted by molar-refractivity contribution is 5.97. The van der Waals surface area contributed by atoms with Crippen LogP contribution in [0.4, 0.5) is 5.69 Å². The largest absolute Gasteiger partial charge is 0.496 e. The van der Waals surface area contributed by atoms with Crippen LogP contribution in [0.3, 0.4) is 0 Å². The maximum atomic E-state index is 12.1. The van der Waals surface area contributed by atoms with Crippen LogP contribution in [0.1, 0.15) is 30.6 Å². The van der Waals surface area contributed by atoms with Crippen molar-refractivity contribution >= 4 is 11.6 Å². The quantitative estimate of drug-likeness (QED) is 0.589. The molecule has 0 saturated heterocycles. The van der Waals surface area contributed by atoms with E-state index in [1.165, 1.54) is 0 Å². The lowest BCUT2D eigenvalue weighted by Crippen LogP contribution is -2.31. The summed E-state index contributed by atoms with van der Waals surface area (Å²) in [7, 11) is 3.62. The van der Waals surface area contributed by atoms with Crippen molar-refractivity contribution in [1.29, 1.82) is 0 Å². The molecule has 112 valence electrons. The number of nitrogen functional groups attached to an aromatic ring is 1. The highest BCUT2D eigenvalue weighted by Crippen LogP contribution is 2.20. The van der Waals surface area contributed by atoms with Crippen LogP contribution >= 0.6 is 0 Å². The summed E-state index contributed by atoms with van der Waals surface area (Å²) >= 11 is 0. The van der Waals surface area contributed by atoms with Crippen molar-refractivity contribution in [2.45, 2.75) is 26.3 Å². The molecule has 0 fully saturated rings. The normalized spacial score (nSPS) is 10.9. The third-order valence-corrected chi connectivity index (χ3v) is 3.32. The van der Waals surface area contributed by atoms with Gasteiger partial charge in [-0.2, -0.15) is 0 Å². The Morgan fingerprint density at radius 1 is 1.45 bits per heavy atom. The van der Waals surface area contributed by atoms with Gasteiger partial charge in [-0.3, -0.25) is 4.79 Å². The smallest absolute Gasteiger partial charge is 0.255 e. The van der Waals surface area contributed by atoms with E-state index in [2.05, 4.69) is 31.1 Å². The second kappa shape index (κ2) is 7.75. The number of rotatable bonds is 7. The number of benzene rings is 1. The SMILES string of the molecule is COc1ccc(N)cc1C(=O)NCCCN(C)C(C)C. The Morgan fingerprint density at radius 2 is 2.15 bits per heavy atom. The first-order chi connectivity index (χ1) is 9.45. The lowest BCUT2D eigenvalue weighted by Gasteiger charge is -2.20. The van der Waals surface area contributed by atoms with E-state index in [1.54, 1.807) is 25.3 Å². The molecule has 3 N–H and O–H groups in total. The number of methoxy groups -OCH3 is 1. The highest BCUT2D eigenvalue weighted by Gasteiger charge is 2.12. The molecule has 5 heteroatoms. The van der Waals surface area contributed by atoms with Gasteiger partial charge in [-0.05, 0) is 52.1 Å². The molecule has 1 amide bonds. The van der Waals surface area contributed by atoms with Crippen LogP contribution in [0.5, 0.6) is 5.75 Å². The van der Waals surface area contributed by atoms with Crippen molar-refractivity contribution in [2.24, 2.45) is 0 Å². The van der Waals surface area contributed by atoms with E-state index >= 15 is 0 Å². The number of anilines is 1. The standard InChI is InChI=1S/C15H25N3O2/c1-11(2)18(3)9-5-8-17-15(19)13-10-12(16)6-7-14(13)20-4/h6-7,10-11H,5,8-9,16H2,1-4H3,(H,17,19). The van der Waals surface area contributed by atoms with Gasteiger partial charge in [0, 0.05) is 18.3 Å². The zero-order chi connectivity index (χ0) is 15.1. The lowest BCUT2D eigenvalue weighted by atomic mass is 10.1. The molecule has 0 bridgehead atoms. The molecule has 0 aliphatic carbocycles. The average molecular weight is 279 g/mol. The van der Waals surface area contributed by atoms with Gasteiger partial charge in [0.2, 0.25) is 0 Å². The summed E-state index contributed by atoms with van der Waals surface area (Å²) in [4.78, 5) is 14.3. The minimum absolute atomic E-state index is 0.152. The number of amides is 1. The molecule has 0 radical (unpaired) electrons. The number of carbonyl (C=O) groups is 1. The lowest BCUT2D eigenvalue weighted by molar-refractivity contribution is 0.0948. The zero-order valence-electron chi connectivity index (χ0n) is 12.8. The molecule has 0 spiro atoms. The molecule has 0 saturated carbocycles. The van der Waals surface area contributed by atoms with Crippen LogP contribution in [-0.2, 0) is 0 Å². The van der Waals surface area contributed by atoms with Crippen molar-refractivity contribution in [3.8, 4) is 5.75 Å². The number of nitrogens with one attached hydrogen (secondary N) is 1. The summed E-state index contributed by atoms with van der Waals surface area (Å²) in [6.07, 6.45) is 0.908. The monoisotopic (exact) mass is 279 g/mol. The minimum Gasteiger partial charge on any atom is -0.496 e. The Labute approximate surface area is 121 Å². The number of nitrogens with two attached hydrogens (primary N) is 1. The Kier molecular flexibility index (Phi) is 6.31. The molecular weight excluding hydrogens is 254 g/mol. The van der Waals surface area contributed by atoms with Crippen molar-refractivity contribution in [3.05, 3.63) is 23.8 Å². The predicted molar refractivity (Wildman–Crippen MR) is 82.1 cm³/mol. The van der Waals surface area contributed by atoms with Crippen molar-refractivity contribution in [1.82, 2.24) is 10.2 Å². The summed E-state index contributed by atoms with van der Waals surface area (Å²) in [5.41, 5.74) is 6.73. The fourth-order valence-electron chi connectivity index (χ4n) is 1.79. The molecule has 1 aromatic carbocycles. The van der Waals surface area contributed by atoms with E-state index in [4.69, 9.17) is 10.5 Å². The second-order valence-corrected chi connectivity index (χ2v) is 5.14. The van der Waals surface area contributed by atoms with E-state index in [0.29, 0.717) is 29.6 Å². The van der Waals surface area contributed by atoms with E-state index < -0.39 is 0 Å². The molecule has 0 unspecified atom stereocenters. The molecule has 1 rings (SSSR count). The van der Waals surface area contributed by atoms with Crippen LogP contribution in [-0.4, -0.2) is 44.1 Å². The van der Waals surface area contributed by atoms with Gasteiger partial charge in [0.15, 0.2) is 0 Å². The molecule has 0 aromatic heterocycles. The topological polar surface area (TPSA) is 67.6 Å². The summed E-state index contributed by atoms with van der Waals surface area (Å²) < 4.78 is 5.17. The van der Waals surface area contributed by atoms with Gasteiger partial charge in [-0.15, -0.1) is 0 Å². The van der Waals surface area contributed by atoms with Gasteiger partial charge in [0.25, 0.3) is 5.91 Å². The first kappa shape index (κ1) is 16.3. The summed E-state index contributed by atoms with van der Waals surface area (Å²) in [6.45, 7) is 5.88. The van der Waals surface area contributed by atoms with Crippen molar-refractivity contribution in [3.63, 3.8) is 0 Å². The van der Waals surface area contributed by atoms with Gasteiger partial charge in [-0.25, -0.2) is 0 Å². The first-order valence-corrected chi connectivity index (χ1v) is 6.87. The van der Waals surface area contributed by atoms with Gasteiger partial charge in [-0.1, -0.05) is 0 Å². The van der Waals surface area contributed by atoms with Gasteiger partial charge < -0.3 is 20.7 Å². The van der Waals surface area contributed by atoms with Crippen LogP contribution in [0.25, 0.3) is 0 Å². The Bertz CT molecular complexity index is 447. The molecule has 1 aromatic rings. The average Bonchev–Trinajstić information content (AvgIpc) is 2.42. The first-order valence-electron chi connectivity index (χ1n) is 6.87. The van der Waals surface area contributed by atoms with Gasteiger partial charge in [0.1, 0.15) is 5.75 Å². The molecule has 0 aliphatic rings. The molecular formula is C15H25N3O2. The number of carbonyl (C=O) groups excluding carboxylic acids is 1. The Balaban J connectivity index is 2.49. The van der Waals surface area contributed by atoms with E-state index in [1.807, 2.05) is 0 Å². The highest BCUT2D eigenvalue weighted by atomic mass is 16.5. The zero-order valence-corrected chi connectivity index (χ0v) is 12.8. The number of ether oxygens (including phenoxy) is 1. The fraction of sp³-hybridized carbons (Fsp3) is 0.533. The molecule has 0 aliphatic heterocycles. The maximum absolute atomic E-state index is 12.1. The maximum Gasteiger partial charge on any atom is 0.255 e. The molecule has 0 heterocycles. The molecule has 0 atom stereocenters. The fourth-order valence-corrected chi connectivity index (χ4v) is 1.79. The Morgan fingerprint density at radius 3 is 2.75 bits per heavy atom. The summed E-state index contributed by atoms with van der Waals surface area (Å²) in [5, 5.41) is 2.89. The van der Waals surface area contributed by atoms with Crippen molar-refractivity contribution < 1.29 is 9.53 Å².